The van der Waals surface area contributed by atoms with E-state index in [0.717, 1.165) is 12.1 Å². The summed E-state index contributed by atoms with van der Waals surface area (Å²) >= 11 is 0. The quantitative estimate of drug-likeness (QED) is 0.697. The molecule has 0 saturated carbocycles. The summed E-state index contributed by atoms with van der Waals surface area (Å²) in [5.41, 5.74) is 0.534. The topological polar surface area (TPSA) is 29.3 Å². The van der Waals surface area contributed by atoms with Gasteiger partial charge in [-0.15, -0.1) is 0 Å². The highest BCUT2D eigenvalue weighted by Gasteiger charge is 2.53. The number of carbonyl (C=O) groups is 1. The van der Waals surface area contributed by atoms with Crippen LogP contribution in [0.1, 0.15) is 33.3 Å². The maximum atomic E-state index is 11.9. The van der Waals surface area contributed by atoms with E-state index < -0.39 is 5.60 Å². The Kier molecular flexibility index (Phi) is 2.64. The lowest BCUT2D eigenvalue weighted by Gasteiger charge is -2.21. The summed E-state index contributed by atoms with van der Waals surface area (Å²) in [6.07, 6.45) is -0.233. The molecule has 2 rings (SSSR count). The molecule has 1 atom stereocenters. The van der Waals surface area contributed by atoms with E-state index in [4.69, 9.17) is 4.74 Å². The Labute approximate surface area is 102 Å². The number of amides is 1. The molecule has 3 heteroatoms. The van der Waals surface area contributed by atoms with Gasteiger partial charge < -0.3 is 4.74 Å². The second kappa shape index (κ2) is 3.76. The van der Waals surface area contributed by atoms with Crippen LogP contribution in [0.15, 0.2) is 30.3 Å². The lowest BCUT2D eigenvalue weighted by Crippen LogP contribution is -2.29. The number of benzene rings is 1. The predicted octanol–water partition coefficient (Wildman–Crippen LogP) is 3.15. The number of ether oxygens (including phenoxy) is 1. The van der Waals surface area contributed by atoms with E-state index in [1.54, 1.807) is 4.90 Å². The number of hydrogen-bond donors (Lipinski definition) is 0. The van der Waals surface area contributed by atoms with Crippen molar-refractivity contribution in [2.24, 2.45) is 0 Å². The summed E-state index contributed by atoms with van der Waals surface area (Å²) in [4.78, 5) is 13.7. The van der Waals surface area contributed by atoms with E-state index in [-0.39, 0.29) is 11.6 Å². The van der Waals surface area contributed by atoms with Crippen LogP contribution in [0.4, 0.5) is 4.79 Å². The molecule has 92 valence electrons. The highest BCUT2D eigenvalue weighted by atomic mass is 16.6. The molecule has 17 heavy (non-hydrogen) atoms. The lowest BCUT2D eigenvalue weighted by molar-refractivity contribution is 0.0383. The maximum Gasteiger partial charge on any atom is 0.411 e. The van der Waals surface area contributed by atoms with Crippen molar-refractivity contribution in [3.8, 4) is 0 Å². The normalized spacial score (nSPS) is 23.4. The largest absolute Gasteiger partial charge is 0.444 e. The summed E-state index contributed by atoms with van der Waals surface area (Å²) in [6.45, 7) is 8.44. The van der Waals surface area contributed by atoms with Crippen molar-refractivity contribution in [3.05, 3.63) is 35.9 Å². The molecule has 1 saturated heterocycles. The molecule has 3 nitrogen and oxygen atoms in total. The molecule has 0 aliphatic carbocycles. The maximum absolute atomic E-state index is 11.9. The van der Waals surface area contributed by atoms with Gasteiger partial charge in [0.15, 0.2) is 0 Å². The fraction of sp³-hybridized carbons (Fsp3) is 0.500. The Bertz CT molecular complexity index is 422. The van der Waals surface area contributed by atoms with E-state index in [0.29, 0.717) is 0 Å². The molecule has 1 amide bonds. The molecule has 0 N–H and O–H groups in total. The minimum absolute atomic E-state index is 0.191. The van der Waals surface area contributed by atoms with Gasteiger partial charge in [0, 0.05) is 0 Å². The fourth-order valence-electron chi connectivity index (χ4n) is 1.90. The highest BCUT2D eigenvalue weighted by Crippen LogP contribution is 2.42. The molecule has 1 aliphatic rings. The Hall–Kier alpha value is -1.51. The average molecular weight is 233 g/mol. The van der Waals surface area contributed by atoms with Gasteiger partial charge in [-0.1, -0.05) is 30.3 Å². The zero-order valence-electron chi connectivity index (χ0n) is 10.9. The van der Waals surface area contributed by atoms with Gasteiger partial charge in [0.2, 0.25) is 0 Å². The third-order valence-electron chi connectivity index (χ3n) is 2.97. The van der Waals surface area contributed by atoms with Crippen molar-refractivity contribution in [1.29, 1.82) is 0 Å². The number of rotatable bonds is 1. The lowest BCUT2D eigenvalue weighted by atomic mass is 10.0. The third-order valence-corrected chi connectivity index (χ3v) is 2.97. The summed E-state index contributed by atoms with van der Waals surface area (Å²) in [7, 11) is 0. The molecule has 0 radical (unpaired) electrons. The zero-order valence-corrected chi connectivity index (χ0v) is 10.9. The second-order valence-corrected chi connectivity index (χ2v) is 5.71. The van der Waals surface area contributed by atoms with Crippen LogP contribution in [0.5, 0.6) is 0 Å². The van der Waals surface area contributed by atoms with E-state index in [1.807, 2.05) is 51.1 Å². The number of carbonyl (C=O) groups excluding carboxylic acids is 1. The first kappa shape index (κ1) is 12.0. The predicted molar refractivity (Wildman–Crippen MR) is 66.7 cm³/mol. The molecule has 1 aliphatic heterocycles. The van der Waals surface area contributed by atoms with Gasteiger partial charge in [-0.05, 0) is 33.3 Å². The molecule has 1 aromatic carbocycles. The van der Waals surface area contributed by atoms with Crippen LogP contribution in [-0.4, -0.2) is 23.1 Å². The number of hydrogen-bond acceptors (Lipinski definition) is 2. The number of nitrogens with zero attached hydrogens (tertiary/aromatic N) is 1. The Morgan fingerprint density at radius 2 is 1.88 bits per heavy atom. The fourth-order valence-corrected chi connectivity index (χ4v) is 1.90. The smallest absolute Gasteiger partial charge is 0.411 e. The Morgan fingerprint density at radius 3 is 2.41 bits per heavy atom. The second-order valence-electron chi connectivity index (χ2n) is 5.71. The van der Waals surface area contributed by atoms with E-state index >= 15 is 0 Å². The molecule has 0 aromatic heterocycles. The summed E-state index contributed by atoms with van der Waals surface area (Å²) in [6, 6.07) is 10.1. The van der Waals surface area contributed by atoms with Crippen LogP contribution in [0.25, 0.3) is 0 Å². The van der Waals surface area contributed by atoms with Gasteiger partial charge in [0.1, 0.15) is 5.60 Å². The Balaban J connectivity index is 2.07. The van der Waals surface area contributed by atoms with Gasteiger partial charge in [-0.3, -0.25) is 4.90 Å². The van der Waals surface area contributed by atoms with Crippen molar-refractivity contribution >= 4 is 6.09 Å². The zero-order chi connectivity index (χ0) is 12.7. The first-order valence-corrected chi connectivity index (χ1v) is 5.89. The van der Waals surface area contributed by atoms with Crippen molar-refractivity contribution in [2.75, 3.05) is 6.54 Å². The van der Waals surface area contributed by atoms with Gasteiger partial charge in [-0.2, -0.15) is 0 Å². The Morgan fingerprint density at radius 1 is 1.29 bits per heavy atom. The first-order valence-electron chi connectivity index (χ1n) is 5.89. The van der Waals surface area contributed by atoms with Gasteiger partial charge in [0.05, 0.1) is 12.1 Å². The van der Waals surface area contributed by atoms with E-state index in [2.05, 4.69) is 6.92 Å². The first-order chi connectivity index (χ1) is 7.83. The molecular weight excluding hydrogens is 214 g/mol. The van der Waals surface area contributed by atoms with Crippen LogP contribution in [0.3, 0.4) is 0 Å². The van der Waals surface area contributed by atoms with Crippen LogP contribution in [0.2, 0.25) is 0 Å². The van der Waals surface area contributed by atoms with Crippen LogP contribution in [-0.2, 0) is 10.3 Å². The van der Waals surface area contributed by atoms with Crippen LogP contribution in [0, 0.1) is 0 Å². The van der Waals surface area contributed by atoms with Gasteiger partial charge in [0.25, 0.3) is 0 Å². The van der Waals surface area contributed by atoms with E-state index in [1.165, 1.54) is 0 Å². The molecule has 0 unspecified atom stereocenters. The van der Waals surface area contributed by atoms with Crippen molar-refractivity contribution in [2.45, 2.75) is 38.8 Å². The minimum Gasteiger partial charge on any atom is -0.444 e. The summed E-state index contributed by atoms with van der Waals surface area (Å²) in [5.74, 6) is 0. The molecular formula is C14H19NO2. The van der Waals surface area contributed by atoms with Crippen molar-refractivity contribution in [1.82, 2.24) is 4.90 Å². The van der Waals surface area contributed by atoms with Crippen molar-refractivity contribution < 1.29 is 9.53 Å². The monoisotopic (exact) mass is 233 g/mol. The summed E-state index contributed by atoms with van der Waals surface area (Å²) < 4.78 is 5.37. The molecule has 1 heterocycles. The molecule has 0 bridgehead atoms. The van der Waals surface area contributed by atoms with Crippen LogP contribution >= 0.6 is 0 Å². The molecule has 1 fully saturated rings. The average Bonchev–Trinajstić information content (AvgIpc) is 2.92. The SMILES string of the molecule is CC(C)(C)OC(=O)N1C[C@@]1(C)c1ccccc1. The third kappa shape index (κ3) is 2.43. The van der Waals surface area contributed by atoms with Crippen molar-refractivity contribution in [3.63, 3.8) is 0 Å². The van der Waals surface area contributed by atoms with Gasteiger partial charge in [-0.25, -0.2) is 4.79 Å². The standard InChI is InChI=1S/C14H19NO2/c1-13(2,3)17-12(16)15-10-14(15,4)11-8-6-5-7-9-11/h5-9H,10H2,1-4H3/t14-,15?/m0/s1. The highest BCUT2D eigenvalue weighted by molar-refractivity contribution is 5.73. The van der Waals surface area contributed by atoms with Gasteiger partial charge >= 0.3 is 6.09 Å². The minimum atomic E-state index is -0.433. The van der Waals surface area contributed by atoms with E-state index in [9.17, 15) is 4.79 Å². The van der Waals surface area contributed by atoms with Crippen LogP contribution < -0.4 is 0 Å². The molecule has 1 aromatic rings. The molecule has 0 spiro atoms. The summed E-state index contributed by atoms with van der Waals surface area (Å²) in [5, 5.41) is 0.